The quantitative estimate of drug-likeness (QED) is 0.894. The van der Waals surface area contributed by atoms with Crippen molar-refractivity contribution in [3.63, 3.8) is 0 Å². The Morgan fingerprint density at radius 2 is 2.13 bits per heavy atom. The first-order valence-corrected chi connectivity index (χ1v) is 6.14. The molecule has 0 bridgehead atoms. The fourth-order valence-electron chi connectivity index (χ4n) is 2.00. The molecule has 4 heteroatoms. The molecule has 1 aromatic rings. The molecule has 1 aromatic heterocycles. The molecule has 2 rings (SSSR count). The van der Waals surface area contributed by atoms with E-state index in [1.54, 1.807) is 0 Å². The van der Waals surface area contributed by atoms with E-state index >= 15 is 0 Å². The highest BCUT2D eigenvalue weighted by Gasteiger charge is 2.18. The van der Waals surface area contributed by atoms with Gasteiger partial charge in [-0.25, -0.2) is 0 Å². The third-order valence-electron chi connectivity index (χ3n) is 3.00. The van der Waals surface area contributed by atoms with Crippen molar-refractivity contribution < 1.29 is 0 Å². The molecule has 2 heterocycles. The highest BCUT2D eigenvalue weighted by atomic mass is 79.9. The number of halogens is 1. The number of rotatable bonds is 2. The van der Waals surface area contributed by atoms with Crippen LogP contribution in [-0.2, 0) is 0 Å². The Morgan fingerprint density at radius 3 is 2.73 bits per heavy atom. The highest BCUT2D eigenvalue weighted by Crippen LogP contribution is 2.24. The third-order valence-corrected chi connectivity index (χ3v) is 3.44. The van der Waals surface area contributed by atoms with Gasteiger partial charge in [-0.2, -0.15) is 0 Å². The monoisotopic (exact) mass is 269 g/mol. The van der Waals surface area contributed by atoms with Crippen LogP contribution >= 0.6 is 15.9 Å². The Hall–Kier alpha value is -0.610. The van der Waals surface area contributed by atoms with E-state index < -0.39 is 0 Å². The lowest BCUT2D eigenvalue weighted by Crippen LogP contribution is -2.36. The maximum absolute atomic E-state index is 5.67. The maximum Gasteiger partial charge on any atom is 0.0564 e. The molecule has 0 atom stereocenters. The Bertz CT molecular complexity index is 321. The minimum Gasteiger partial charge on any atom is -0.370 e. The fraction of sp³-hybridized carbons (Fsp3) is 0.545. The number of nitrogens with two attached hydrogens (primary N) is 1. The van der Waals surface area contributed by atoms with Gasteiger partial charge < -0.3 is 10.6 Å². The molecule has 0 aromatic carbocycles. The zero-order chi connectivity index (χ0) is 10.7. The largest absolute Gasteiger partial charge is 0.370 e. The van der Waals surface area contributed by atoms with Crippen molar-refractivity contribution in [2.75, 3.05) is 24.5 Å². The second-order valence-corrected chi connectivity index (χ2v) is 4.94. The van der Waals surface area contributed by atoms with Gasteiger partial charge >= 0.3 is 0 Å². The van der Waals surface area contributed by atoms with Gasteiger partial charge in [-0.3, -0.25) is 4.98 Å². The normalized spacial score (nSPS) is 18.1. The van der Waals surface area contributed by atoms with Gasteiger partial charge in [0.05, 0.1) is 11.9 Å². The number of pyridine rings is 1. The first-order chi connectivity index (χ1) is 7.29. The van der Waals surface area contributed by atoms with Crippen molar-refractivity contribution in [1.29, 1.82) is 0 Å². The lowest BCUT2D eigenvalue weighted by molar-refractivity contribution is 0.414. The van der Waals surface area contributed by atoms with Crippen LogP contribution in [0.25, 0.3) is 0 Å². The zero-order valence-corrected chi connectivity index (χ0v) is 10.3. The second-order valence-electron chi connectivity index (χ2n) is 4.03. The predicted octanol–water partition coefficient (Wildman–Crippen LogP) is 2.02. The molecule has 3 nitrogen and oxygen atoms in total. The van der Waals surface area contributed by atoms with Crippen LogP contribution in [0.5, 0.6) is 0 Å². The lowest BCUT2D eigenvalue weighted by atomic mass is 9.97. The SMILES string of the molecule is NCC1CCN(c2cncc(Br)c2)CC1. The van der Waals surface area contributed by atoms with Gasteiger partial charge in [0.25, 0.3) is 0 Å². The molecule has 0 saturated carbocycles. The minimum atomic E-state index is 0.710. The molecule has 1 aliphatic heterocycles. The van der Waals surface area contributed by atoms with E-state index in [2.05, 4.69) is 31.9 Å². The molecule has 1 fully saturated rings. The number of hydrogen-bond donors (Lipinski definition) is 1. The summed E-state index contributed by atoms with van der Waals surface area (Å²) in [4.78, 5) is 6.56. The second kappa shape index (κ2) is 4.94. The highest BCUT2D eigenvalue weighted by molar-refractivity contribution is 9.10. The molecule has 82 valence electrons. The van der Waals surface area contributed by atoms with Crippen LogP contribution in [0, 0.1) is 5.92 Å². The molecule has 1 saturated heterocycles. The molecule has 0 spiro atoms. The van der Waals surface area contributed by atoms with E-state index in [1.807, 2.05) is 12.4 Å². The number of aromatic nitrogens is 1. The topological polar surface area (TPSA) is 42.1 Å². The van der Waals surface area contributed by atoms with Gasteiger partial charge in [0.2, 0.25) is 0 Å². The van der Waals surface area contributed by atoms with Crippen LogP contribution in [0.15, 0.2) is 22.9 Å². The molecule has 0 aliphatic carbocycles. The lowest BCUT2D eigenvalue weighted by Gasteiger charge is -2.32. The van der Waals surface area contributed by atoms with Crippen LogP contribution in [0.2, 0.25) is 0 Å². The van der Waals surface area contributed by atoms with Crippen molar-refractivity contribution in [3.05, 3.63) is 22.9 Å². The minimum absolute atomic E-state index is 0.710. The summed E-state index contributed by atoms with van der Waals surface area (Å²) in [6.07, 6.45) is 6.13. The fourth-order valence-corrected chi connectivity index (χ4v) is 2.35. The van der Waals surface area contributed by atoms with Gasteiger partial charge in [0, 0.05) is 23.8 Å². The molecule has 15 heavy (non-hydrogen) atoms. The first kappa shape index (κ1) is 10.9. The average molecular weight is 270 g/mol. The van der Waals surface area contributed by atoms with Crippen molar-refractivity contribution >= 4 is 21.6 Å². The van der Waals surface area contributed by atoms with Crippen LogP contribution in [0.3, 0.4) is 0 Å². The van der Waals surface area contributed by atoms with Crippen LogP contribution in [0.4, 0.5) is 5.69 Å². The van der Waals surface area contributed by atoms with E-state index in [4.69, 9.17) is 5.73 Å². The van der Waals surface area contributed by atoms with Crippen LogP contribution in [-0.4, -0.2) is 24.6 Å². The van der Waals surface area contributed by atoms with Gasteiger partial charge in [-0.15, -0.1) is 0 Å². The molecule has 0 amide bonds. The van der Waals surface area contributed by atoms with Gasteiger partial charge in [0.15, 0.2) is 0 Å². The van der Waals surface area contributed by atoms with Gasteiger partial charge in [0.1, 0.15) is 0 Å². The van der Waals surface area contributed by atoms with Gasteiger partial charge in [-0.1, -0.05) is 0 Å². The van der Waals surface area contributed by atoms with Crippen molar-refractivity contribution in [1.82, 2.24) is 4.98 Å². The summed E-state index contributed by atoms with van der Waals surface area (Å²) < 4.78 is 1.04. The zero-order valence-electron chi connectivity index (χ0n) is 8.69. The van der Waals surface area contributed by atoms with Crippen LogP contribution < -0.4 is 10.6 Å². The first-order valence-electron chi connectivity index (χ1n) is 5.35. The number of anilines is 1. The van der Waals surface area contributed by atoms with Crippen molar-refractivity contribution in [2.45, 2.75) is 12.8 Å². The number of hydrogen-bond acceptors (Lipinski definition) is 3. The molecule has 0 radical (unpaired) electrons. The number of piperidine rings is 1. The Kier molecular flexibility index (Phi) is 3.59. The summed E-state index contributed by atoms with van der Waals surface area (Å²) in [5, 5.41) is 0. The Balaban J connectivity index is 2.01. The van der Waals surface area contributed by atoms with E-state index in [0.29, 0.717) is 5.92 Å². The average Bonchev–Trinajstić information content (AvgIpc) is 2.29. The van der Waals surface area contributed by atoms with Gasteiger partial charge in [-0.05, 0) is 47.3 Å². The van der Waals surface area contributed by atoms with Crippen LogP contribution in [0.1, 0.15) is 12.8 Å². The smallest absolute Gasteiger partial charge is 0.0564 e. The molecular formula is C11H16BrN3. The van der Waals surface area contributed by atoms with E-state index in [1.165, 1.54) is 18.5 Å². The maximum atomic E-state index is 5.67. The van der Waals surface area contributed by atoms with E-state index in [9.17, 15) is 0 Å². The summed E-state index contributed by atoms with van der Waals surface area (Å²) in [7, 11) is 0. The predicted molar refractivity (Wildman–Crippen MR) is 65.9 cm³/mol. The molecule has 1 aliphatic rings. The molecule has 0 unspecified atom stereocenters. The summed E-state index contributed by atoms with van der Waals surface area (Å²) in [6.45, 7) is 3.02. The number of nitrogens with zero attached hydrogens (tertiary/aromatic N) is 2. The Labute approximate surface area is 98.8 Å². The summed E-state index contributed by atoms with van der Waals surface area (Å²) in [6, 6.07) is 2.12. The summed E-state index contributed by atoms with van der Waals surface area (Å²) >= 11 is 3.45. The standard InChI is InChI=1S/C11H16BrN3/c12-10-5-11(8-14-7-10)15-3-1-9(6-13)2-4-15/h5,7-9H,1-4,6,13H2. The van der Waals surface area contributed by atoms with E-state index in [-0.39, 0.29) is 0 Å². The Morgan fingerprint density at radius 1 is 1.40 bits per heavy atom. The summed E-state index contributed by atoms with van der Waals surface area (Å²) in [5.41, 5.74) is 6.88. The third kappa shape index (κ3) is 2.69. The van der Waals surface area contributed by atoms with E-state index in [0.717, 1.165) is 24.1 Å². The molecular weight excluding hydrogens is 254 g/mol. The van der Waals surface area contributed by atoms with Crippen molar-refractivity contribution in [2.24, 2.45) is 11.7 Å². The summed E-state index contributed by atoms with van der Waals surface area (Å²) in [5.74, 6) is 0.710. The molecule has 2 N–H and O–H groups in total. The van der Waals surface area contributed by atoms with Crippen molar-refractivity contribution in [3.8, 4) is 0 Å².